The van der Waals surface area contributed by atoms with Crippen LogP contribution in [0, 0.1) is 5.92 Å². The lowest BCUT2D eigenvalue weighted by Crippen LogP contribution is -2.46. The van der Waals surface area contributed by atoms with E-state index in [0.29, 0.717) is 19.8 Å². The largest absolute Gasteiger partial charge is 0.467 e. The van der Waals surface area contributed by atoms with Gasteiger partial charge in [0, 0.05) is 12.1 Å². The third kappa shape index (κ3) is 4.12. The first kappa shape index (κ1) is 13.6. The molecule has 0 saturated heterocycles. The highest BCUT2D eigenvalue weighted by atomic mass is 16.5. The summed E-state index contributed by atoms with van der Waals surface area (Å²) in [6, 6.07) is 3.69. The van der Waals surface area contributed by atoms with Gasteiger partial charge in [-0.05, 0) is 44.7 Å². The quantitative estimate of drug-likeness (QED) is 0.743. The van der Waals surface area contributed by atoms with Gasteiger partial charge in [0.1, 0.15) is 12.4 Å². The molecule has 1 heterocycles. The summed E-state index contributed by atoms with van der Waals surface area (Å²) in [5, 5.41) is 13.2. The fraction of sp³-hybridized carbons (Fsp3) is 0.714. The summed E-state index contributed by atoms with van der Waals surface area (Å²) in [5.41, 5.74) is 0.127. The van der Waals surface area contributed by atoms with Crippen LogP contribution in [-0.2, 0) is 11.3 Å². The molecule has 18 heavy (non-hydrogen) atoms. The summed E-state index contributed by atoms with van der Waals surface area (Å²) < 4.78 is 10.5. The molecule has 1 saturated carbocycles. The molecule has 0 amide bonds. The molecule has 1 aliphatic carbocycles. The van der Waals surface area contributed by atoms with Crippen LogP contribution in [0.1, 0.15) is 32.4 Å². The Morgan fingerprint density at radius 1 is 1.56 bits per heavy atom. The number of β-amino-alcohol motifs (C(OH)–C–C–N with tert-alkyl or cyclic N) is 1. The first-order valence-corrected chi connectivity index (χ1v) is 6.61. The lowest BCUT2D eigenvalue weighted by Gasteiger charge is -2.27. The van der Waals surface area contributed by atoms with Gasteiger partial charge in [0.15, 0.2) is 0 Å². The molecular weight excluding hydrogens is 230 g/mol. The first-order chi connectivity index (χ1) is 8.58. The van der Waals surface area contributed by atoms with E-state index >= 15 is 0 Å². The molecule has 1 aromatic rings. The highest BCUT2D eigenvalue weighted by Crippen LogP contribution is 2.39. The minimum Gasteiger partial charge on any atom is -0.467 e. The van der Waals surface area contributed by atoms with Gasteiger partial charge in [0.2, 0.25) is 0 Å². The fourth-order valence-electron chi connectivity index (χ4n) is 2.08. The molecule has 4 nitrogen and oxygen atoms in total. The number of hydrogen-bond acceptors (Lipinski definition) is 4. The van der Waals surface area contributed by atoms with Crippen molar-refractivity contribution in [1.82, 2.24) is 5.32 Å². The van der Waals surface area contributed by atoms with Crippen LogP contribution in [0.3, 0.4) is 0 Å². The Morgan fingerprint density at radius 2 is 2.33 bits per heavy atom. The van der Waals surface area contributed by atoms with Crippen LogP contribution >= 0.6 is 0 Å². The zero-order chi connectivity index (χ0) is 13.0. The van der Waals surface area contributed by atoms with Gasteiger partial charge in [-0.2, -0.15) is 0 Å². The summed E-state index contributed by atoms with van der Waals surface area (Å²) in [7, 11) is 0. The van der Waals surface area contributed by atoms with E-state index in [4.69, 9.17) is 9.15 Å². The maximum atomic E-state index is 9.83. The Kier molecular flexibility index (Phi) is 4.43. The van der Waals surface area contributed by atoms with E-state index in [9.17, 15) is 5.11 Å². The highest BCUT2D eigenvalue weighted by molar-refractivity contribution is 4.96. The standard InChI is InChI=1S/C14H23NO3/c1-14(2,11-5-6-11)15-8-12(16)9-17-10-13-4-3-7-18-13/h3-4,7,11-12,15-16H,5-6,8-10H2,1-2H3. The topological polar surface area (TPSA) is 54.6 Å². The van der Waals surface area contributed by atoms with Crippen LogP contribution < -0.4 is 5.32 Å². The predicted molar refractivity (Wildman–Crippen MR) is 69.2 cm³/mol. The highest BCUT2D eigenvalue weighted by Gasteiger charge is 2.37. The van der Waals surface area contributed by atoms with Crippen LogP contribution in [0.4, 0.5) is 0 Å². The van der Waals surface area contributed by atoms with Gasteiger partial charge < -0.3 is 19.6 Å². The minimum absolute atomic E-state index is 0.127. The Hall–Kier alpha value is -0.840. The van der Waals surface area contributed by atoms with Crippen LogP contribution in [-0.4, -0.2) is 29.9 Å². The van der Waals surface area contributed by atoms with Gasteiger partial charge >= 0.3 is 0 Å². The average Bonchev–Trinajstić information content (AvgIpc) is 3.07. The Balaban J connectivity index is 1.58. The number of aliphatic hydroxyl groups is 1. The first-order valence-electron chi connectivity index (χ1n) is 6.61. The van der Waals surface area contributed by atoms with Crippen LogP contribution in [0.15, 0.2) is 22.8 Å². The molecular formula is C14H23NO3. The number of ether oxygens (including phenoxy) is 1. The van der Waals surface area contributed by atoms with Gasteiger partial charge in [-0.15, -0.1) is 0 Å². The van der Waals surface area contributed by atoms with Crippen molar-refractivity contribution in [2.24, 2.45) is 5.92 Å². The Bertz CT molecular complexity index is 344. The molecule has 102 valence electrons. The molecule has 1 aromatic heterocycles. The molecule has 0 aromatic carbocycles. The van der Waals surface area contributed by atoms with Crippen molar-refractivity contribution in [3.05, 3.63) is 24.2 Å². The smallest absolute Gasteiger partial charge is 0.129 e. The average molecular weight is 253 g/mol. The van der Waals surface area contributed by atoms with Gasteiger partial charge in [-0.25, -0.2) is 0 Å². The number of furan rings is 1. The Morgan fingerprint density at radius 3 is 2.94 bits per heavy atom. The lowest BCUT2D eigenvalue weighted by molar-refractivity contribution is 0.0192. The molecule has 2 N–H and O–H groups in total. The molecule has 0 bridgehead atoms. The molecule has 1 aliphatic rings. The molecule has 1 fully saturated rings. The van der Waals surface area contributed by atoms with E-state index in [-0.39, 0.29) is 5.54 Å². The third-order valence-corrected chi connectivity index (χ3v) is 3.53. The van der Waals surface area contributed by atoms with Crippen molar-refractivity contribution >= 4 is 0 Å². The van der Waals surface area contributed by atoms with Crippen LogP contribution in [0.2, 0.25) is 0 Å². The van der Waals surface area contributed by atoms with Crippen molar-refractivity contribution in [3.8, 4) is 0 Å². The molecule has 4 heteroatoms. The van der Waals surface area contributed by atoms with Gasteiger partial charge in [0.05, 0.1) is 19.0 Å². The van der Waals surface area contributed by atoms with Gasteiger partial charge in [-0.1, -0.05) is 0 Å². The zero-order valence-electron chi connectivity index (χ0n) is 11.2. The molecule has 2 rings (SSSR count). The summed E-state index contributed by atoms with van der Waals surface area (Å²) in [4.78, 5) is 0. The van der Waals surface area contributed by atoms with Crippen molar-refractivity contribution < 1.29 is 14.3 Å². The normalized spacial score (nSPS) is 17.9. The second-order valence-electron chi connectivity index (χ2n) is 5.63. The Labute approximate surface area is 108 Å². The lowest BCUT2D eigenvalue weighted by atomic mass is 9.98. The van der Waals surface area contributed by atoms with E-state index in [1.54, 1.807) is 6.26 Å². The number of nitrogens with one attached hydrogen (secondary N) is 1. The predicted octanol–water partition coefficient (Wildman–Crippen LogP) is 1.94. The number of aliphatic hydroxyl groups excluding tert-OH is 1. The molecule has 0 spiro atoms. The van der Waals surface area contributed by atoms with Crippen molar-refractivity contribution in [2.45, 2.75) is 44.9 Å². The van der Waals surface area contributed by atoms with Gasteiger partial charge in [0.25, 0.3) is 0 Å². The minimum atomic E-state index is -0.474. The second kappa shape index (κ2) is 5.87. The summed E-state index contributed by atoms with van der Waals surface area (Å²) >= 11 is 0. The van der Waals surface area contributed by atoms with E-state index in [1.807, 2.05) is 12.1 Å². The summed E-state index contributed by atoms with van der Waals surface area (Å²) in [6.07, 6.45) is 3.74. The molecule has 1 atom stereocenters. The maximum Gasteiger partial charge on any atom is 0.129 e. The van der Waals surface area contributed by atoms with Crippen LogP contribution in [0.5, 0.6) is 0 Å². The second-order valence-corrected chi connectivity index (χ2v) is 5.63. The van der Waals surface area contributed by atoms with Crippen molar-refractivity contribution in [3.63, 3.8) is 0 Å². The van der Waals surface area contributed by atoms with Crippen molar-refractivity contribution in [1.29, 1.82) is 0 Å². The molecule has 0 aliphatic heterocycles. The summed E-state index contributed by atoms with van der Waals surface area (Å²) in [6.45, 7) is 5.70. The van der Waals surface area contributed by atoms with Crippen LogP contribution in [0.25, 0.3) is 0 Å². The monoisotopic (exact) mass is 253 g/mol. The van der Waals surface area contributed by atoms with Gasteiger partial charge in [-0.3, -0.25) is 0 Å². The molecule has 0 radical (unpaired) electrons. The van der Waals surface area contributed by atoms with E-state index in [2.05, 4.69) is 19.2 Å². The molecule has 1 unspecified atom stereocenters. The SMILES string of the molecule is CC(C)(NCC(O)COCc1ccco1)C1CC1. The van der Waals surface area contributed by atoms with E-state index in [0.717, 1.165) is 11.7 Å². The zero-order valence-corrected chi connectivity index (χ0v) is 11.2. The van der Waals surface area contributed by atoms with E-state index in [1.165, 1.54) is 12.8 Å². The van der Waals surface area contributed by atoms with E-state index < -0.39 is 6.10 Å². The number of rotatable bonds is 8. The number of hydrogen-bond donors (Lipinski definition) is 2. The fourth-order valence-corrected chi connectivity index (χ4v) is 2.08. The van der Waals surface area contributed by atoms with Crippen molar-refractivity contribution in [2.75, 3.05) is 13.2 Å². The maximum absolute atomic E-state index is 9.83. The summed E-state index contributed by atoms with van der Waals surface area (Å²) in [5.74, 6) is 1.54. The third-order valence-electron chi connectivity index (χ3n) is 3.53.